The van der Waals surface area contributed by atoms with Crippen molar-refractivity contribution in [2.75, 3.05) is 0 Å². The Morgan fingerprint density at radius 2 is 1.78 bits per heavy atom. The zero-order valence-electron chi connectivity index (χ0n) is 14.6. The molecule has 0 saturated carbocycles. The van der Waals surface area contributed by atoms with Crippen molar-refractivity contribution in [3.63, 3.8) is 0 Å². The summed E-state index contributed by atoms with van der Waals surface area (Å²) in [6.07, 6.45) is 0.0324. The molecular weight excluding hydrogens is 444 g/mol. The van der Waals surface area contributed by atoms with Gasteiger partial charge in [-0.25, -0.2) is 0 Å². The van der Waals surface area contributed by atoms with Crippen LogP contribution in [0.1, 0.15) is 16.0 Å². The molecule has 0 saturated heterocycles. The maximum atomic E-state index is 11.0. The SMILES string of the molecule is Cc1c(CCl)sc2c(Br)c3ccccc3c(-c3ccc(CC(=O)O)cc3)c12. The lowest BCUT2D eigenvalue weighted by atomic mass is 9.92. The predicted octanol–water partition coefficient (Wildman–Crippen LogP) is 7.16. The molecule has 0 fully saturated rings. The van der Waals surface area contributed by atoms with Crippen LogP contribution in [0.4, 0.5) is 0 Å². The Kier molecular flexibility index (Phi) is 4.97. The highest BCUT2D eigenvalue weighted by Crippen LogP contribution is 2.47. The van der Waals surface area contributed by atoms with Crippen LogP contribution >= 0.6 is 38.9 Å². The van der Waals surface area contributed by atoms with Crippen LogP contribution in [0.3, 0.4) is 0 Å². The molecule has 1 heterocycles. The topological polar surface area (TPSA) is 37.3 Å². The fourth-order valence-electron chi connectivity index (χ4n) is 3.56. The van der Waals surface area contributed by atoms with Crippen molar-refractivity contribution in [2.24, 2.45) is 0 Å². The molecule has 4 aromatic rings. The number of carboxylic acid groups (broad SMARTS) is 1. The third-order valence-corrected chi connectivity index (χ3v) is 7.67. The third kappa shape index (κ3) is 3.16. The summed E-state index contributed by atoms with van der Waals surface area (Å²) in [5.74, 6) is -0.329. The van der Waals surface area contributed by atoms with Crippen LogP contribution in [-0.2, 0) is 17.1 Å². The van der Waals surface area contributed by atoms with Gasteiger partial charge in [0.05, 0.1) is 17.0 Å². The number of alkyl halides is 1. The van der Waals surface area contributed by atoms with Gasteiger partial charge in [0.15, 0.2) is 0 Å². The highest BCUT2D eigenvalue weighted by Gasteiger charge is 2.19. The predicted molar refractivity (Wildman–Crippen MR) is 118 cm³/mol. The van der Waals surface area contributed by atoms with Crippen molar-refractivity contribution in [1.29, 1.82) is 0 Å². The minimum absolute atomic E-state index is 0.0324. The van der Waals surface area contributed by atoms with E-state index in [4.69, 9.17) is 16.7 Å². The highest BCUT2D eigenvalue weighted by atomic mass is 79.9. The Labute approximate surface area is 174 Å². The molecule has 0 aliphatic carbocycles. The first-order valence-electron chi connectivity index (χ1n) is 8.50. The van der Waals surface area contributed by atoms with E-state index in [0.29, 0.717) is 5.88 Å². The van der Waals surface area contributed by atoms with Crippen molar-refractivity contribution in [2.45, 2.75) is 19.2 Å². The third-order valence-electron chi connectivity index (χ3n) is 4.85. The number of rotatable bonds is 4. The van der Waals surface area contributed by atoms with E-state index >= 15 is 0 Å². The first kappa shape index (κ1) is 18.5. The van der Waals surface area contributed by atoms with Crippen LogP contribution in [-0.4, -0.2) is 11.1 Å². The number of fused-ring (bicyclic) bond motifs is 2. The molecule has 4 rings (SSSR count). The molecule has 136 valence electrons. The van der Waals surface area contributed by atoms with Gasteiger partial charge < -0.3 is 5.11 Å². The maximum absolute atomic E-state index is 11.0. The van der Waals surface area contributed by atoms with Gasteiger partial charge in [-0.1, -0.05) is 48.5 Å². The molecule has 0 atom stereocenters. The number of aryl methyl sites for hydroxylation is 1. The van der Waals surface area contributed by atoms with Gasteiger partial charge in [-0.2, -0.15) is 0 Å². The molecule has 0 aliphatic rings. The lowest BCUT2D eigenvalue weighted by Crippen LogP contribution is -1.99. The Balaban J connectivity index is 2.06. The summed E-state index contributed by atoms with van der Waals surface area (Å²) in [5, 5.41) is 12.6. The zero-order chi connectivity index (χ0) is 19.1. The number of halogens is 2. The van der Waals surface area contributed by atoms with E-state index in [1.165, 1.54) is 31.5 Å². The minimum Gasteiger partial charge on any atom is -0.481 e. The fourth-order valence-corrected chi connectivity index (χ4v) is 5.82. The van der Waals surface area contributed by atoms with Crippen molar-refractivity contribution >= 4 is 65.7 Å². The number of carbonyl (C=O) groups is 1. The summed E-state index contributed by atoms with van der Waals surface area (Å²) in [5.41, 5.74) is 4.27. The molecule has 3 aromatic carbocycles. The van der Waals surface area contributed by atoms with Crippen LogP contribution in [0.2, 0.25) is 0 Å². The van der Waals surface area contributed by atoms with Gasteiger partial charge in [-0.3, -0.25) is 4.79 Å². The molecule has 0 bridgehead atoms. The summed E-state index contributed by atoms with van der Waals surface area (Å²) < 4.78 is 2.30. The Morgan fingerprint density at radius 1 is 1.11 bits per heavy atom. The average molecular weight is 460 g/mol. The van der Waals surface area contributed by atoms with Gasteiger partial charge in [0, 0.05) is 14.7 Å². The molecule has 0 unspecified atom stereocenters. The number of thiophene rings is 1. The molecule has 1 N–H and O–H groups in total. The van der Waals surface area contributed by atoms with Crippen LogP contribution in [0.25, 0.3) is 32.0 Å². The van der Waals surface area contributed by atoms with Crippen LogP contribution in [0.5, 0.6) is 0 Å². The molecule has 5 heteroatoms. The number of hydrogen-bond donors (Lipinski definition) is 1. The Morgan fingerprint density at radius 3 is 2.41 bits per heavy atom. The maximum Gasteiger partial charge on any atom is 0.307 e. The molecule has 0 radical (unpaired) electrons. The van der Waals surface area contributed by atoms with Crippen LogP contribution in [0, 0.1) is 6.92 Å². The number of benzene rings is 3. The van der Waals surface area contributed by atoms with E-state index in [2.05, 4.69) is 35.0 Å². The van der Waals surface area contributed by atoms with E-state index in [1.807, 2.05) is 36.4 Å². The van der Waals surface area contributed by atoms with Crippen molar-refractivity contribution in [1.82, 2.24) is 0 Å². The average Bonchev–Trinajstić information content (AvgIpc) is 3.00. The summed E-state index contributed by atoms with van der Waals surface area (Å²) in [6.45, 7) is 2.13. The van der Waals surface area contributed by atoms with Crippen molar-refractivity contribution < 1.29 is 9.90 Å². The quantitative estimate of drug-likeness (QED) is 0.329. The fraction of sp³-hybridized carbons (Fsp3) is 0.136. The van der Waals surface area contributed by atoms with Crippen molar-refractivity contribution in [3.8, 4) is 11.1 Å². The summed E-state index contributed by atoms with van der Waals surface area (Å²) in [7, 11) is 0. The van der Waals surface area contributed by atoms with Gasteiger partial charge in [-0.15, -0.1) is 22.9 Å². The van der Waals surface area contributed by atoms with E-state index < -0.39 is 5.97 Å². The molecule has 27 heavy (non-hydrogen) atoms. The van der Waals surface area contributed by atoms with E-state index in [0.717, 1.165) is 21.0 Å². The normalized spacial score (nSPS) is 11.4. The monoisotopic (exact) mass is 458 g/mol. The molecule has 0 amide bonds. The molecule has 2 nitrogen and oxygen atoms in total. The highest BCUT2D eigenvalue weighted by molar-refractivity contribution is 9.11. The summed E-state index contributed by atoms with van der Waals surface area (Å²) >= 11 is 11.7. The molecule has 0 aliphatic heterocycles. The van der Waals surface area contributed by atoms with Gasteiger partial charge in [0.2, 0.25) is 0 Å². The summed E-state index contributed by atoms with van der Waals surface area (Å²) in [6, 6.07) is 16.2. The summed E-state index contributed by atoms with van der Waals surface area (Å²) in [4.78, 5) is 12.1. The second kappa shape index (κ2) is 7.27. The largest absolute Gasteiger partial charge is 0.481 e. The first-order valence-corrected chi connectivity index (χ1v) is 10.6. The standard InChI is InChI=1S/C22H16BrClO2S/c1-12-17(11-24)27-22-19(12)20(15-4-2-3-5-16(15)21(22)23)14-8-6-13(7-9-14)10-18(25)26/h2-9H,10-11H2,1H3,(H,25,26). The van der Waals surface area contributed by atoms with Crippen molar-refractivity contribution in [3.05, 3.63) is 69.0 Å². The lowest BCUT2D eigenvalue weighted by molar-refractivity contribution is -0.136. The van der Waals surface area contributed by atoms with Gasteiger partial charge in [0.1, 0.15) is 0 Å². The number of carboxylic acids is 1. The second-order valence-electron chi connectivity index (χ2n) is 6.49. The Bertz CT molecular complexity index is 1180. The van der Waals surface area contributed by atoms with Gasteiger partial charge in [-0.05, 0) is 55.9 Å². The molecule has 1 aromatic heterocycles. The number of hydrogen-bond acceptors (Lipinski definition) is 2. The smallest absolute Gasteiger partial charge is 0.307 e. The van der Waals surface area contributed by atoms with Crippen LogP contribution < -0.4 is 0 Å². The zero-order valence-corrected chi connectivity index (χ0v) is 17.7. The van der Waals surface area contributed by atoms with E-state index in [1.54, 1.807) is 11.3 Å². The number of aliphatic carboxylic acids is 1. The minimum atomic E-state index is -0.820. The van der Waals surface area contributed by atoms with E-state index in [9.17, 15) is 4.79 Å². The first-order chi connectivity index (χ1) is 13.0. The van der Waals surface area contributed by atoms with Gasteiger partial charge in [0.25, 0.3) is 0 Å². The lowest BCUT2D eigenvalue weighted by Gasteiger charge is -2.13. The molecular formula is C22H16BrClO2S. The Hall–Kier alpha value is -1.88. The van der Waals surface area contributed by atoms with Gasteiger partial charge >= 0.3 is 5.97 Å². The van der Waals surface area contributed by atoms with E-state index in [-0.39, 0.29) is 6.42 Å². The van der Waals surface area contributed by atoms with Crippen LogP contribution in [0.15, 0.2) is 53.0 Å². The second-order valence-corrected chi connectivity index (χ2v) is 8.66. The molecule has 0 spiro atoms.